The number of carbonyl (C=O) groups is 2. The van der Waals surface area contributed by atoms with Crippen molar-refractivity contribution < 1.29 is 27.5 Å². The topological polar surface area (TPSA) is 133 Å². The molecule has 0 spiro atoms. The van der Waals surface area contributed by atoms with Crippen LogP contribution in [0.5, 0.6) is 0 Å². The first kappa shape index (κ1) is 19.8. The molecule has 10 nitrogen and oxygen atoms in total. The number of carbonyl (C=O) groups excluding carboxylic acids is 2. The van der Waals surface area contributed by atoms with Gasteiger partial charge in [0.1, 0.15) is 5.69 Å². The molecule has 142 valence electrons. The summed E-state index contributed by atoms with van der Waals surface area (Å²) in [4.78, 5) is 21.9. The lowest BCUT2D eigenvalue weighted by molar-refractivity contribution is 0.0585. The van der Waals surface area contributed by atoms with Crippen LogP contribution in [0, 0.1) is 0 Å². The first-order valence-electron chi connectivity index (χ1n) is 7.42. The van der Waals surface area contributed by atoms with Gasteiger partial charge >= 0.3 is 11.9 Å². The summed E-state index contributed by atoms with van der Waals surface area (Å²) in [5.74, 6) is -1.08. The van der Waals surface area contributed by atoms with Gasteiger partial charge in [0.25, 0.3) is 10.0 Å². The Balaban J connectivity index is 0.000000244. The van der Waals surface area contributed by atoms with E-state index in [1.165, 1.54) is 44.8 Å². The number of nitrogens with one attached hydrogen (secondary N) is 1. The molecule has 0 aliphatic heterocycles. The molecule has 0 bridgehead atoms. The number of hydrogen-bond acceptors (Lipinski definition) is 8. The quantitative estimate of drug-likeness (QED) is 0.653. The zero-order chi connectivity index (χ0) is 19.9. The van der Waals surface area contributed by atoms with Gasteiger partial charge in [-0.15, -0.1) is 0 Å². The number of nitrogens with zero attached hydrogens (tertiary/aromatic N) is 3. The second-order valence-electron chi connectivity index (χ2n) is 4.85. The summed E-state index contributed by atoms with van der Waals surface area (Å²) in [6.45, 7) is 0. The molecule has 0 saturated carbocycles. The zero-order valence-corrected chi connectivity index (χ0v) is 15.2. The molecular formula is C16H16N4O6S. The van der Waals surface area contributed by atoms with Crippen LogP contribution in [0.1, 0.15) is 21.0 Å². The molecule has 2 aromatic heterocycles. The van der Waals surface area contributed by atoms with E-state index in [-0.39, 0.29) is 10.6 Å². The number of aromatic amines is 1. The van der Waals surface area contributed by atoms with Crippen molar-refractivity contribution in [1.82, 2.24) is 19.4 Å². The Kier molecular flexibility index (Phi) is 6.44. The molecule has 0 unspecified atom stereocenters. The second kappa shape index (κ2) is 8.76. The lowest BCUT2D eigenvalue weighted by Crippen LogP contribution is -2.14. The van der Waals surface area contributed by atoms with Gasteiger partial charge in [0.2, 0.25) is 0 Å². The summed E-state index contributed by atoms with van der Waals surface area (Å²) in [7, 11) is -1.24. The van der Waals surface area contributed by atoms with Gasteiger partial charge in [-0.05, 0) is 24.3 Å². The van der Waals surface area contributed by atoms with Crippen molar-refractivity contribution in [3.8, 4) is 0 Å². The molecule has 1 aromatic carbocycles. The van der Waals surface area contributed by atoms with Crippen LogP contribution in [0.3, 0.4) is 0 Å². The Hall–Kier alpha value is -3.47. The number of methoxy groups -OCH3 is 2. The fraction of sp³-hybridized carbons (Fsp3) is 0.125. The molecule has 3 rings (SSSR count). The largest absolute Gasteiger partial charge is 0.464 e. The lowest BCUT2D eigenvalue weighted by atomic mass is 10.4. The van der Waals surface area contributed by atoms with Crippen molar-refractivity contribution in [2.45, 2.75) is 4.90 Å². The summed E-state index contributed by atoms with van der Waals surface area (Å²) in [5, 5.41) is 9.71. The highest BCUT2D eigenvalue weighted by molar-refractivity contribution is 7.89. The summed E-state index contributed by atoms with van der Waals surface area (Å²) in [6, 6.07) is 10.7. The molecule has 0 atom stereocenters. The maximum Gasteiger partial charge on any atom is 0.358 e. The molecular weight excluding hydrogens is 376 g/mol. The third kappa shape index (κ3) is 4.79. The standard InChI is InChI=1S/C11H10N2O4S.C5H6N2O2/c1-17-11(14)10-7-8-13(12-10)18(15,16)9-5-3-2-4-6-9;1-9-5(8)4-2-3-6-7-4/h2-8H,1H3;2-3H,1H3,(H,6,7). The summed E-state index contributed by atoms with van der Waals surface area (Å²) in [5.41, 5.74) is 0.314. The molecule has 27 heavy (non-hydrogen) atoms. The van der Waals surface area contributed by atoms with Crippen molar-refractivity contribution in [2.75, 3.05) is 14.2 Å². The highest BCUT2D eigenvalue weighted by atomic mass is 32.2. The predicted octanol–water partition coefficient (Wildman–Crippen LogP) is 1.10. The van der Waals surface area contributed by atoms with Gasteiger partial charge in [-0.2, -0.15) is 22.7 Å². The minimum absolute atomic E-state index is 0.0583. The van der Waals surface area contributed by atoms with Crippen LogP contribution >= 0.6 is 0 Å². The molecule has 2 heterocycles. The average molecular weight is 392 g/mol. The van der Waals surface area contributed by atoms with Gasteiger partial charge in [0.05, 0.1) is 19.1 Å². The maximum atomic E-state index is 12.1. The summed E-state index contributed by atoms with van der Waals surface area (Å²) in [6.07, 6.45) is 2.70. The zero-order valence-electron chi connectivity index (χ0n) is 14.4. The number of esters is 2. The van der Waals surface area contributed by atoms with Crippen LogP contribution in [0.2, 0.25) is 0 Å². The summed E-state index contributed by atoms with van der Waals surface area (Å²) >= 11 is 0. The predicted molar refractivity (Wildman–Crippen MR) is 92.5 cm³/mol. The first-order chi connectivity index (χ1) is 12.9. The van der Waals surface area contributed by atoms with Crippen molar-refractivity contribution >= 4 is 22.0 Å². The van der Waals surface area contributed by atoms with E-state index in [4.69, 9.17) is 0 Å². The van der Waals surface area contributed by atoms with Gasteiger partial charge in [-0.1, -0.05) is 18.2 Å². The van der Waals surface area contributed by atoms with E-state index >= 15 is 0 Å². The molecule has 0 saturated heterocycles. The number of ether oxygens (including phenoxy) is 2. The summed E-state index contributed by atoms with van der Waals surface area (Å²) < 4.78 is 33.8. The number of H-pyrrole nitrogens is 1. The highest BCUT2D eigenvalue weighted by Gasteiger charge is 2.19. The number of hydrogen-bond donors (Lipinski definition) is 1. The number of aromatic nitrogens is 4. The van der Waals surface area contributed by atoms with Gasteiger partial charge in [0.15, 0.2) is 5.69 Å². The Morgan fingerprint density at radius 2 is 1.67 bits per heavy atom. The van der Waals surface area contributed by atoms with Gasteiger partial charge in [-0.25, -0.2) is 9.59 Å². The Morgan fingerprint density at radius 3 is 2.22 bits per heavy atom. The van der Waals surface area contributed by atoms with E-state index in [0.717, 1.165) is 4.09 Å². The van der Waals surface area contributed by atoms with Crippen LogP contribution in [0.15, 0.2) is 59.8 Å². The minimum atomic E-state index is -3.76. The van der Waals surface area contributed by atoms with Crippen LogP contribution in [-0.2, 0) is 19.5 Å². The van der Waals surface area contributed by atoms with Crippen LogP contribution in [0.25, 0.3) is 0 Å². The average Bonchev–Trinajstić information content (AvgIpc) is 3.40. The van der Waals surface area contributed by atoms with E-state index in [0.29, 0.717) is 5.69 Å². The van der Waals surface area contributed by atoms with Crippen molar-refractivity contribution in [3.05, 3.63) is 66.2 Å². The Bertz CT molecular complexity index is 997. The van der Waals surface area contributed by atoms with Crippen molar-refractivity contribution in [2.24, 2.45) is 0 Å². The van der Waals surface area contributed by atoms with E-state index in [1.807, 2.05) is 0 Å². The fourth-order valence-electron chi connectivity index (χ4n) is 1.83. The van der Waals surface area contributed by atoms with Gasteiger partial charge in [0, 0.05) is 12.4 Å². The van der Waals surface area contributed by atoms with E-state index in [2.05, 4.69) is 24.8 Å². The smallest absolute Gasteiger partial charge is 0.358 e. The SMILES string of the molecule is COC(=O)c1ccn(S(=O)(=O)c2ccccc2)n1.COC(=O)c1ccn[nH]1. The monoisotopic (exact) mass is 392 g/mol. The second-order valence-corrected chi connectivity index (χ2v) is 6.64. The molecule has 0 radical (unpaired) electrons. The molecule has 1 N–H and O–H groups in total. The molecule has 3 aromatic rings. The Morgan fingerprint density at radius 1 is 1.00 bits per heavy atom. The van der Waals surface area contributed by atoms with Gasteiger partial charge < -0.3 is 9.47 Å². The molecule has 0 aliphatic rings. The fourth-order valence-corrected chi connectivity index (χ4v) is 2.97. The van der Waals surface area contributed by atoms with Crippen LogP contribution in [-0.4, -0.2) is 54.0 Å². The third-order valence-electron chi connectivity index (χ3n) is 3.15. The van der Waals surface area contributed by atoms with E-state index < -0.39 is 22.0 Å². The molecule has 0 aliphatic carbocycles. The van der Waals surface area contributed by atoms with Gasteiger partial charge in [-0.3, -0.25) is 5.10 Å². The number of rotatable bonds is 4. The lowest BCUT2D eigenvalue weighted by Gasteiger charge is -2.03. The highest BCUT2D eigenvalue weighted by Crippen LogP contribution is 2.12. The minimum Gasteiger partial charge on any atom is -0.464 e. The van der Waals surface area contributed by atoms with Crippen LogP contribution in [0.4, 0.5) is 0 Å². The first-order valence-corrected chi connectivity index (χ1v) is 8.86. The van der Waals surface area contributed by atoms with E-state index in [1.54, 1.807) is 24.3 Å². The maximum absolute atomic E-state index is 12.1. The van der Waals surface area contributed by atoms with Crippen molar-refractivity contribution in [3.63, 3.8) is 0 Å². The number of benzene rings is 1. The van der Waals surface area contributed by atoms with Crippen molar-refractivity contribution in [1.29, 1.82) is 0 Å². The third-order valence-corrected chi connectivity index (χ3v) is 4.72. The normalized spacial score (nSPS) is 10.4. The Labute approximate surface area is 154 Å². The van der Waals surface area contributed by atoms with E-state index in [9.17, 15) is 18.0 Å². The molecule has 0 amide bonds. The van der Waals surface area contributed by atoms with Crippen LogP contribution < -0.4 is 0 Å². The molecule has 11 heteroatoms. The molecule has 0 fully saturated rings.